The average molecular weight is 435 g/mol. The van der Waals surface area contributed by atoms with Crippen molar-refractivity contribution in [2.24, 2.45) is 0 Å². The molecule has 3 saturated heterocycles. The highest BCUT2D eigenvalue weighted by Crippen LogP contribution is 2.35. The van der Waals surface area contributed by atoms with Crippen molar-refractivity contribution in [1.29, 1.82) is 0 Å². The van der Waals surface area contributed by atoms with Gasteiger partial charge in [-0.2, -0.15) is 0 Å². The molecule has 9 heteroatoms. The van der Waals surface area contributed by atoms with Crippen LogP contribution in [0.5, 0.6) is 0 Å². The van der Waals surface area contributed by atoms with Crippen molar-refractivity contribution in [3.63, 3.8) is 0 Å². The van der Waals surface area contributed by atoms with Crippen LogP contribution in [0.15, 0.2) is 18.3 Å². The molecule has 172 valence electrons. The topological polar surface area (TPSA) is 85.4 Å². The van der Waals surface area contributed by atoms with E-state index in [-0.39, 0.29) is 18.2 Å². The van der Waals surface area contributed by atoms with Gasteiger partial charge in [0.15, 0.2) is 0 Å². The summed E-state index contributed by atoms with van der Waals surface area (Å²) in [6, 6.07) is 4.28. The fraction of sp³-hybridized carbons (Fsp3) is 0.727. The van der Waals surface area contributed by atoms with E-state index in [1.807, 2.05) is 6.20 Å². The van der Waals surface area contributed by atoms with E-state index in [9.17, 15) is 4.79 Å². The molecule has 0 aromatic carbocycles. The number of nitrogens with one attached hydrogen (secondary N) is 1. The zero-order valence-corrected chi connectivity index (χ0v) is 18.4. The molecule has 0 bridgehead atoms. The van der Waals surface area contributed by atoms with Crippen LogP contribution in [-0.4, -0.2) is 93.9 Å². The molecule has 1 aromatic heterocycles. The first kappa shape index (κ1) is 22.3. The van der Waals surface area contributed by atoms with Crippen molar-refractivity contribution in [2.75, 3.05) is 71.2 Å². The summed E-state index contributed by atoms with van der Waals surface area (Å²) < 4.78 is 21.7. The SMILES string of the molecule is COCCOC(=O)NC1COC2(CCCN(Cc3ccnc(N4CCOCC4)c3)C2)C1. The molecule has 3 fully saturated rings. The number of morpholine rings is 1. The number of hydrogen-bond acceptors (Lipinski definition) is 8. The number of ether oxygens (including phenoxy) is 4. The zero-order valence-electron chi connectivity index (χ0n) is 18.4. The van der Waals surface area contributed by atoms with Crippen LogP contribution in [0.25, 0.3) is 0 Å². The molecule has 4 heterocycles. The van der Waals surface area contributed by atoms with E-state index < -0.39 is 6.09 Å². The van der Waals surface area contributed by atoms with Crippen LogP contribution in [0, 0.1) is 0 Å². The van der Waals surface area contributed by atoms with Gasteiger partial charge in [-0.3, -0.25) is 4.90 Å². The number of rotatable bonds is 7. The summed E-state index contributed by atoms with van der Waals surface area (Å²) in [6.07, 6.45) is 4.43. The lowest BCUT2D eigenvalue weighted by Gasteiger charge is -2.40. The maximum Gasteiger partial charge on any atom is 0.407 e. The molecule has 0 aliphatic carbocycles. The summed E-state index contributed by atoms with van der Waals surface area (Å²) in [5.74, 6) is 1.03. The second-order valence-electron chi connectivity index (χ2n) is 8.60. The lowest BCUT2D eigenvalue weighted by molar-refractivity contribution is -0.0534. The van der Waals surface area contributed by atoms with Crippen molar-refractivity contribution in [3.8, 4) is 0 Å². The van der Waals surface area contributed by atoms with E-state index >= 15 is 0 Å². The van der Waals surface area contributed by atoms with Crippen LogP contribution >= 0.6 is 0 Å². The maximum atomic E-state index is 11.9. The molecule has 3 aliphatic rings. The average Bonchev–Trinajstić information content (AvgIpc) is 3.16. The van der Waals surface area contributed by atoms with E-state index in [4.69, 9.17) is 18.9 Å². The summed E-state index contributed by atoms with van der Waals surface area (Å²) in [7, 11) is 1.58. The molecule has 3 aliphatic heterocycles. The largest absolute Gasteiger partial charge is 0.447 e. The van der Waals surface area contributed by atoms with Gasteiger partial charge in [0.05, 0.1) is 38.1 Å². The third kappa shape index (κ3) is 6.06. The second kappa shape index (κ2) is 10.6. The van der Waals surface area contributed by atoms with Crippen molar-refractivity contribution >= 4 is 11.9 Å². The number of amides is 1. The predicted molar refractivity (Wildman–Crippen MR) is 115 cm³/mol. The van der Waals surface area contributed by atoms with Crippen LogP contribution < -0.4 is 10.2 Å². The summed E-state index contributed by atoms with van der Waals surface area (Å²) in [5, 5.41) is 2.93. The minimum atomic E-state index is -0.400. The number of aromatic nitrogens is 1. The van der Waals surface area contributed by atoms with E-state index in [1.165, 1.54) is 5.56 Å². The Labute approximate surface area is 184 Å². The normalized spacial score (nSPS) is 26.9. The molecule has 0 saturated carbocycles. The van der Waals surface area contributed by atoms with Crippen LogP contribution in [0.2, 0.25) is 0 Å². The summed E-state index contributed by atoms with van der Waals surface area (Å²) in [6.45, 7) is 7.28. The van der Waals surface area contributed by atoms with E-state index in [2.05, 4.69) is 32.2 Å². The van der Waals surface area contributed by atoms with Gasteiger partial charge in [-0.05, 0) is 37.1 Å². The molecule has 1 aromatic rings. The number of pyridine rings is 1. The molecule has 1 N–H and O–H groups in total. The second-order valence-corrected chi connectivity index (χ2v) is 8.60. The first-order chi connectivity index (χ1) is 15.2. The number of likely N-dealkylation sites (tertiary alicyclic amines) is 1. The van der Waals surface area contributed by atoms with Crippen molar-refractivity contribution in [2.45, 2.75) is 37.5 Å². The third-order valence-corrected chi connectivity index (χ3v) is 6.22. The van der Waals surface area contributed by atoms with Gasteiger partial charge in [-0.15, -0.1) is 0 Å². The summed E-state index contributed by atoms with van der Waals surface area (Å²) in [5.41, 5.74) is 1.07. The molecule has 0 radical (unpaired) electrons. The first-order valence-electron chi connectivity index (χ1n) is 11.2. The smallest absolute Gasteiger partial charge is 0.407 e. The molecule has 2 atom stereocenters. The number of carbonyl (C=O) groups is 1. The fourth-order valence-corrected chi connectivity index (χ4v) is 4.76. The number of nitrogens with zero attached hydrogens (tertiary/aromatic N) is 3. The third-order valence-electron chi connectivity index (χ3n) is 6.22. The van der Waals surface area contributed by atoms with Gasteiger partial charge in [0.25, 0.3) is 0 Å². The van der Waals surface area contributed by atoms with E-state index in [0.29, 0.717) is 13.2 Å². The van der Waals surface area contributed by atoms with Gasteiger partial charge >= 0.3 is 6.09 Å². The number of alkyl carbamates (subject to hydrolysis) is 1. The molecule has 4 rings (SSSR count). The zero-order chi connectivity index (χ0) is 21.5. The van der Waals surface area contributed by atoms with Crippen molar-refractivity contribution in [3.05, 3.63) is 23.9 Å². The molecule has 31 heavy (non-hydrogen) atoms. The van der Waals surface area contributed by atoms with Gasteiger partial charge in [0.2, 0.25) is 0 Å². The van der Waals surface area contributed by atoms with Crippen molar-refractivity contribution in [1.82, 2.24) is 15.2 Å². The van der Waals surface area contributed by atoms with E-state index in [1.54, 1.807) is 7.11 Å². The minimum Gasteiger partial charge on any atom is -0.447 e. The van der Waals surface area contributed by atoms with Gasteiger partial charge in [0, 0.05) is 45.9 Å². The maximum absolute atomic E-state index is 11.9. The molecular weight excluding hydrogens is 400 g/mol. The number of anilines is 1. The number of methoxy groups -OCH3 is 1. The first-order valence-corrected chi connectivity index (χ1v) is 11.2. The fourth-order valence-electron chi connectivity index (χ4n) is 4.76. The predicted octanol–water partition coefficient (Wildman–Crippen LogP) is 1.41. The molecule has 2 unspecified atom stereocenters. The Hall–Kier alpha value is -1.94. The van der Waals surface area contributed by atoms with Gasteiger partial charge in [0.1, 0.15) is 12.4 Å². The summed E-state index contributed by atoms with van der Waals surface area (Å²) in [4.78, 5) is 21.2. The molecular formula is C22H34N4O5. The molecule has 9 nitrogen and oxygen atoms in total. The lowest BCUT2D eigenvalue weighted by Crippen LogP contribution is -2.48. The van der Waals surface area contributed by atoms with E-state index in [0.717, 1.165) is 71.0 Å². The van der Waals surface area contributed by atoms with Gasteiger partial charge < -0.3 is 29.2 Å². The van der Waals surface area contributed by atoms with Crippen LogP contribution in [-0.2, 0) is 25.5 Å². The van der Waals surface area contributed by atoms with Gasteiger partial charge in [-0.25, -0.2) is 9.78 Å². The highest BCUT2D eigenvalue weighted by atomic mass is 16.6. The Bertz CT molecular complexity index is 730. The van der Waals surface area contributed by atoms with Crippen molar-refractivity contribution < 1.29 is 23.7 Å². The Morgan fingerprint density at radius 1 is 1.32 bits per heavy atom. The van der Waals surface area contributed by atoms with Crippen LogP contribution in [0.1, 0.15) is 24.8 Å². The number of piperidine rings is 1. The minimum absolute atomic E-state index is 0.0103. The highest BCUT2D eigenvalue weighted by molar-refractivity contribution is 5.67. The Morgan fingerprint density at radius 2 is 2.19 bits per heavy atom. The Balaban J connectivity index is 1.29. The lowest BCUT2D eigenvalue weighted by atomic mass is 9.88. The summed E-state index contributed by atoms with van der Waals surface area (Å²) >= 11 is 0. The van der Waals surface area contributed by atoms with Gasteiger partial charge in [-0.1, -0.05) is 0 Å². The molecule has 1 amide bonds. The number of carbonyl (C=O) groups excluding carboxylic acids is 1. The highest BCUT2D eigenvalue weighted by Gasteiger charge is 2.44. The Kier molecular flexibility index (Phi) is 7.60. The molecule has 1 spiro atoms. The van der Waals surface area contributed by atoms with Crippen LogP contribution in [0.4, 0.5) is 10.6 Å². The Morgan fingerprint density at radius 3 is 3.03 bits per heavy atom. The standard InChI is InChI=1S/C22H34N4O5/c1-28-11-12-30-21(27)24-19-14-22(31-16-19)4-2-6-25(17-22)15-18-3-5-23-20(13-18)26-7-9-29-10-8-26/h3,5,13,19H,2,4,6-12,14-17H2,1H3,(H,24,27). The monoisotopic (exact) mass is 434 g/mol. The quantitative estimate of drug-likeness (QED) is 0.645. The van der Waals surface area contributed by atoms with Crippen LogP contribution in [0.3, 0.4) is 0 Å². The number of hydrogen-bond donors (Lipinski definition) is 1.